The minimum Gasteiger partial charge on any atom is -0.368 e. The van der Waals surface area contributed by atoms with E-state index in [1.54, 1.807) is 0 Å². The first-order valence-electron chi connectivity index (χ1n) is 13.7. The first-order valence-corrected chi connectivity index (χ1v) is 14.5. The van der Waals surface area contributed by atoms with Crippen LogP contribution in [0.4, 0.5) is 16.2 Å². The highest BCUT2D eigenvalue weighted by atomic mass is 35.5. The molecule has 5 rings (SSSR count). The SMILES string of the molecule is O=C(Nc1ccccc1-c1ccccc1)N[C@H]1CC[C@H](CCN2CCN(c3cccc(Cl)c3Cl)CC2)CC1. The second-order valence-corrected chi connectivity index (χ2v) is 11.2. The molecule has 7 heteroatoms. The van der Waals surface area contributed by atoms with Crippen LogP contribution in [0.15, 0.2) is 72.8 Å². The third-order valence-electron chi connectivity index (χ3n) is 7.94. The topological polar surface area (TPSA) is 47.6 Å². The molecule has 0 aromatic heterocycles. The van der Waals surface area contributed by atoms with E-state index in [4.69, 9.17) is 23.2 Å². The van der Waals surface area contributed by atoms with Crippen LogP contribution in [0.5, 0.6) is 0 Å². The molecule has 0 spiro atoms. The second-order valence-electron chi connectivity index (χ2n) is 10.4. The molecule has 0 unspecified atom stereocenters. The Balaban J connectivity index is 1.03. The normalized spacial score (nSPS) is 20.2. The van der Waals surface area contributed by atoms with Crippen LogP contribution in [-0.4, -0.2) is 49.7 Å². The first kappa shape index (κ1) is 26.9. The molecule has 2 amide bonds. The Morgan fingerprint density at radius 1 is 0.816 bits per heavy atom. The van der Waals surface area contributed by atoms with Gasteiger partial charge in [0.25, 0.3) is 0 Å². The van der Waals surface area contributed by atoms with E-state index < -0.39 is 0 Å². The van der Waals surface area contributed by atoms with Crippen LogP contribution < -0.4 is 15.5 Å². The van der Waals surface area contributed by atoms with Crippen LogP contribution in [-0.2, 0) is 0 Å². The van der Waals surface area contributed by atoms with Crippen molar-refractivity contribution < 1.29 is 4.79 Å². The van der Waals surface area contributed by atoms with E-state index in [2.05, 4.69) is 38.6 Å². The lowest BCUT2D eigenvalue weighted by Gasteiger charge is -2.37. The van der Waals surface area contributed by atoms with Crippen molar-refractivity contribution in [2.75, 3.05) is 42.9 Å². The largest absolute Gasteiger partial charge is 0.368 e. The molecule has 38 heavy (non-hydrogen) atoms. The van der Waals surface area contributed by atoms with Crippen LogP contribution in [0, 0.1) is 5.92 Å². The summed E-state index contributed by atoms with van der Waals surface area (Å²) in [7, 11) is 0. The fraction of sp³-hybridized carbons (Fsp3) is 0.387. The number of carbonyl (C=O) groups excluding carboxylic acids is 1. The number of piperazine rings is 1. The lowest BCUT2D eigenvalue weighted by atomic mass is 9.84. The molecular weight excluding hydrogens is 515 g/mol. The average molecular weight is 552 g/mol. The van der Waals surface area contributed by atoms with Crippen molar-refractivity contribution in [3.63, 3.8) is 0 Å². The monoisotopic (exact) mass is 550 g/mol. The van der Waals surface area contributed by atoms with E-state index in [9.17, 15) is 4.79 Å². The van der Waals surface area contributed by atoms with Crippen molar-refractivity contribution in [3.8, 4) is 11.1 Å². The highest BCUT2D eigenvalue weighted by molar-refractivity contribution is 6.43. The van der Waals surface area contributed by atoms with Gasteiger partial charge in [-0.1, -0.05) is 77.8 Å². The van der Waals surface area contributed by atoms with Crippen molar-refractivity contribution in [1.29, 1.82) is 0 Å². The van der Waals surface area contributed by atoms with Gasteiger partial charge in [0.1, 0.15) is 0 Å². The van der Waals surface area contributed by atoms with Crippen LogP contribution in [0.2, 0.25) is 10.0 Å². The first-order chi connectivity index (χ1) is 18.6. The maximum absolute atomic E-state index is 12.8. The molecule has 2 N–H and O–H groups in total. The molecule has 2 aliphatic rings. The van der Waals surface area contributed by atoms with E-state index in [-0.39, 0.29) is 12.1 Å². The number of anilines is 2. The summed E-state index contributed by atoms with van der Waals surface area (Å²) in [4.78, 5) is 17.7. The summed E-state index contributed by atoms with van der Waals surface area (Å²) in [5, 5.41) is 7.57. The zero-order chi connectivity index (χ0) is 26.3. The third-order valence-corrected chi connectivity index (χ3v) is 8.75. The standard InChI is InChI=1S/C31H36Cl2N4O/c32-27-10-6-12-29(30(27)33)37-21-19-36(20-22-37)18-17-23-13-15-25(16-14-23)34-31(38)35-28-11-5-4-9-26(28)24-7-2-1-3-8-24/h1-12,23,25H,13-22H2,(H2,34,35,38)/t23-,25-. The maximum Gasteiger partial charge on any atom is 0.319 e. The van der Waals surface area contributed by atoms with Gasteiger partial charge in [-0.25, -0.2) is 4.79 Å². The Kier molecular flexibility index (Phi) is 9.10. The molecule has 0 radical (unpaired) electrons. The van der Waals surface area contributed by atoms with Crippen LogP contribution >= 0.6 is 23.2 Å². The number of hydrogen-bond donors (Lipinski definition) is 2. The van der Waals surface area contributed by atoms with Crippen LogP contribution in [0.25, 0.3) is 11.1 Å². The smallest absolute Gasteiger partial charge is 0.319 e. The Labute approximate surface area is 236 Å². The number of amides is 2. The number of rotatable bonds is 7. The Hall–Kier alpha value is -2.73. The average Bonchev–Trinajstić information content (AvgIpc) is 2.95. The van der Waals surface area contributed by atoms with Gasteiger partial charge in [0.15, 0.2) is 0 Å². The number of benzene rings is 3. The lowest BCUT2D eigenvalue weighted by molar-refractivity contribution is 0.208. The van der Waals surface area contributed by atoms with Crippen molar-refractivity contribution in [1.82, 2.24) is 10.2 Å². The van der Waals surface area contributed by atoms with Crippen molar-refractivity contribution in [2.45, 2.75) is 38.1 Å². The predicted molar refractivity (Wildman–Crippen MR) is 160 cm³/mol. The summed E-state index contributed by atoms with van der Waals surface area (Å²) in [6.45, 7) is 5.17. The zero-order valence-electron chi connectivity index (χ0n) is 21.7. The van der Waals surface area contributed by atoms with E-state index in [0.29, 0.717) is 10.0 Å². The molecule has 0 bridgehead atoms. The Morgan fingerprint density at radius 3 is 2.29 bits per heavy atom. The summed E-state index contributed by atoms with van der Waals surface area (Å²) in [6.07, 6.45) is 5.65. The number of halogens is 2. The summed E-state index contributed by atoms with van der Waals surface area (Å²) in [5.74, 6) is 0.732. The zero-order valence-corrected chi connectivity index (χ0v) is 23.2. The minimum absolute atomic E-state index is 0.116. The third kappa shape index (κ3) is 6.82. The van der Waals surface area contributed by atoms with E-state index in [0.717, 1.165) is 74.0 Å². The fourth-order valence-electron chi connectivity index (χ4n) is 5.71. The summed E-state index contributed by atoms with van der Waals surface area (Å²) < 4.78 is 0. The fourth-order valence-corrected chi connectivity index (χ4v) is 6.13. The highest BCUT2D eigenvalue weighted by Gasteiger charge is 2.25. The maximum atomic E-state index is 12.8. The summed E-state index contributed by atoms with van der Waals surface area (Å²) >= 11 is 12.6. The lowest BCUT2D eigenvalue weighted by Crippen LogP contribution is -2.47. The van der Waals surface area contributed by atoms with Gasteiger partial charge in [-0.3, -0.25) is 4.90 Å². The molecule has 3 aromatic rings. The summed E-state index contributed by atoms with van der Waals surface area (Å²) in [6, 6.07) is 24.1. The van der Waals surface area contributed by atoms with Gasteiger partial charge in [-0.15, -0.1) is 0 Å². The molecule has 1 aliphatic heterocycles. The van der Waals surface area contributed by atoms with Crippen molar-refractivity contribution >= 4 is 40.6 Å². The second kappa shape index (κ2) is 12.9. The molecule has 1 aliphatic carbocycles. The van der Waals surface area contributed by atoms with Gasteiger partial charge in [0.2, 0.25) is 0 Å². The predicted octanol–water partition coefficient (Wildman–Crippen LogP) is 7.55. The van der Waals surface area contributed by atoms with Gasteiger partial charge in [0, 0.05) is 37.8 Å². The van der Waals surface area contributed by atoms with Crippen molar-refractivity contribution in [3.05, 3.63) is 82.8 Å². The molecule has 0 atom stereocenters. The molecule has 1 heterocycles. The quantitative estimate of drug-likeness (QED) is 0.319. The molecule has 2 fully saturated rings. The molecule has 1 saturated carbocycles. The number of carbonyl (C=O) groups is 1. The van der Waals surface area contributed by atoms with E-state index in [1.165, 1.54) is 19.3 Å². The molecule has 3 aromatic carbocycles. The van der Waals surface area contributed by atoms with Crippen LogP contribution in [0.3, 0.4) is 0 Å². The van der Waals surface area contributed by atoms with Gasteiger partial charge in [-0.05, 0) is 68.3 Å². The molecular formula is C31H36Cl2N4O. The van der Waals surface area contributed by atoms with Gasteiger partial charge >= 0.3 is 6.03 Å². The van der Waals surface area contributed by atoms with E-state index in [1.807, 2.05) is 54.6 Å². The number of hydrogen-bond acceptors (Lipinski definition) is 3. The van der Waals surface area contributed by atoms with Crippen molar-refractivity contribution in [2.24, 2.45) is 5.92 Å². The van der Waals surface area contributed by atoms with Crippen LogP contribution in [0.1, 0.15) is 32.1 Å². The number of nitrogens with zero attached hydrogens (tertiary/aromatic N) is 2. The van der Waals surface area contributed by atoms with Gasteiger partial charge in [-0.2, -0.15) is 0 Å². The number of urea groups is 1. The molecule has 200 valence electrons. The summed E-state index contributed by atoms with van der Waals surface area (Å²) in [5.41, 5.74) is 4.00. The highest BCUT2D eigenvalue weighted by Crippen LogP contribution is 2.33. The Bertz CT molecular complexity index is 1210. The minimum atomic E-state index is -0.116. The molecule has 1 saturated heterocycles. The van der Waals surface area contributed by atoms with Gasteiger partial charge in [0.05, 0.1) is 21.4 Å². The Morgan fingerprint density at radius 2 is 1.53 bits per heavy atom. The number of nitrogens with one attached hydrogen (secondary N) is 2. The molecule has 5 nitrogen and oxygen atoms in total. The van der Waals surface area contributed by atoms with E-state index >= 15 is 0 Å². The number of para-hydroxylation sites is 1. The van der Waals surface area contributed by atoms with Gasteiger partial charge < -0.3 is 15.5 Å².